The number of rotatable bonds is 6. The highest BCUT2D eigenvalue weighted by Crippen LogP contribution is 2.25. The van der Waals surface area contributed by atoms with E-state index in [-0.39, 0.29) is 36.2 Å². The van der Waals surface area contributed by atoms with Crippen molar-refractivity contribution in [2.75, 3.05) is 0 Å². The molecular formula is C18H24N2O4. The lowest BCUT2D eigenvalue weighted by Gasteiger charge is -2.27. The largest absolute Gasteiger partial charge is 0.481 e. The Labute approximate surface area is 141 Å². The number of benzene rings is 1. The number of carboxylic acids is 1. The molecule has 0 heterocycles. The highest BCUT2D eigenvalue weighted by molar-refractivity contribution is 5.79. The number of carbonyl (C=O) groups is 3. The molecule has 1 aliphatic rings. The number of nitrogens with one attached hydrogen (secondary N) is 2. The van der Waals surface area contributed by atoms with Crippen molar-refractivity contribution in [3.05, 3.63) is 35.9 Å². The van der Waals surface area contributed by atoms with E-state index in [2.05, 4.69) is 10.6 Å². The predicted octanol–water partition coefficient (Wildman–Crippen LogP) is 2.01. The molecule has 1 fully saturated rings. The molecule has 1 saturated carbocycles. The van der Waals surface area contributed by atoms with E-state index in [0.717, 1.165) is 5.56 Å². The Morgan fingerprint density at radius 3 is 2.29 bits per heavy atom. The number of carboxylic acid groups (broad SMARTS) is 1. The van der Waals surface area contributed by atoms with Gasteiger partial charge in [0.05, 0.1) is 18.4 Å². The van der Waals surface area contributed by atoms with E-state index in [1.807, 2.05) is 30.3 Å². The van der Waals surface area contributed by atoms with E-state index >= 15 is 0 Å². The van der Waals surface area contributed by atoms with Gasteiger partial charge in [0, 0.05) is 13.0 Å². The maximum Gasteiger partial charge on any atom is 0.306 e. The van der Waals surface area contributed by atoms with E-state index in [1.165, 1.54) is 6.92 Å². The summed E-state index contributed by atoms with van der Waals surface area (Å²) in [6.07, 6.45) is 2.71. The van der Waals surface area contributed by atoms with Crippen LogP contribution in [0.5, 0.6) is 0 Å². The Morgan fingerprint density at radius 1 is 1.12 bits per heavy atom. The van der Waals surface area contributed by atoms with Gasteiger partial charge in [0.1, 0.15) is 0 Å². The fraction of sp³-hybridized carbons (Fsp3) is 0.500. The van der Waals surface area contributed by atoms with Gasteiger partial charge in [0.25, 0.3) is 0 Å². The van der Waals surface area contributed by atoms with Crippen LogP contribution < -0.4 is 10.6 Å². The minimum absolute atomic E-state index is 0.0156. The lowest BCUT2D eigenvalue weighted by atomic mass is 9.86. The minimum atomic E-state index is -0.755. The molecule has 0 bridgehead atoms. The maximum absolute atomic E-state index is 12.3. The summed E-state index contributed by atoms with van der Waals surface area (Å²) in [6.45, 7) is 1.43. The second-order valence-electron chi connectivity index (χ2n) is 6.32. The summed E-state index contributed by atoms with van der Waals surface area (Å²) in [5, 5.41) is 14.8. The zero-order valence-electron chi connectivity index (χ0n) is 13.8. The van der Waals surface area contributed by atoms with E-state index < -0.39 is 5.97 Å². The average molecular weight is 332 g/mol. The number of aliphatic carboxylic acids is 1. The van der Waals surface area contributed by atoms with Crippen LogP contribution in [0.4, 0.5) is 0 Å². The van der Waals surface area contributed by atoms with E-state index in [9.17, 15) is 14.4 Å². The van der Waals surface area contributed by atoms with Gasteiger partial charge < -0.3 is 15.7 Å². The quantitative estimate of drug-likeness (QED) is 0.742. The normalized spacial score (nSPS) is 21.5. The van der Waals surface area contributed by atoms with Gasteiger partial charge in [-0.2, -0.15) is 0 Å². The minimum Gasteiger partial charge on any atom is -0.481 e. The number of hydrogen-bond acceptors (Lipinski definition) is 3. The van der Waals surface area contributed by atoms with E-state index in [0.29, 0.717) is 25.7 Å². The molecule has 1 atom stereocenters. The first kappa shape index (κ1) is 18.0. The van der Waals surface area contributed by atoms with Crippen LogP contribution in [-0.2, 0) is 14.4 Å². The van der Waals surface area contributed by atoms with Crippen molar-refractivity contribution in [3.8, 4) is 0 Å². The first-order chi connectivity index (χ1) is 11.5. The molecule has 24 heavy (non-hydrogen) atoms. The summed E-state index contributed by atoms with van der Waals surface area (Å²) in [4.78, 5) is 34.7. The molecule has 6 heteroatoms. The van der Waals surface area contributed by atoms with Gasteiger partial charge >= 0.3 is 5.97 Å². The molecule has 2 rings (SSSR count). The van der Waals surface area contributed by atoms with Crippen LogP contribution in [-0.4, -0.2) is 28.9 Å². The van der Waals surface area contributed by atoms with Crippen molar-refractivity contribution in [3.63, 3.8) is 0 Å². The Bertz CT molecular complexity index is 580. The van der Waals surface area contributed by atoms with Gasteiger partial charge in [-0.25, -0.2) is 0 Å². The summed E-state index contributed by atoms with van der Waals surface area (Å²) in [5.41, 5.74) is 0.887. The van der Waals surface area contributed by atoms with Crippen LogP contribution in [0.3, 0.4) is 0 Å². The molecule has 1 unspecified atom stereocenters. The lowest BCUT2D eigenvalue weighted by Crippen LogP contribution is -2.40. The van der Waals surface area contributed by atoms with Crippen molar-refractivity contribution in [2.45, 2.75) is 51.1 Å². The Kier molecular flexibility index (Phi) is 6.35. The summed E-state index contributed by atoms with van der Waals surface area (Å²) in [7, 11) is 0. The van der Waals surface area contributed by atoms with E-state index in [4.69, 9.17) is 5.11 Å². The van der Waals surface area contributed by atoms with Crippen molar-refractivity contribution >= 4 is 17.8 Å². The van der Waals surface area contributed by atoms with Crippen LogP contribution in [0.2, 0.25) is 0 Å². The van der Waals surface area contributed by atoms with Crippen LogP contribution in [0, 0.1) is 5.92 Å². The monoisotopic (exact) mass is 332 g/mol. The highest BCUT2D eigenvalue weighted by atomic mass is 16.4. The Hall–Kier alpha value is -2.37. The van der Waals surface area contributed by atoms with Gasteiger partial charge in [-0.05, 0) is 31.2 Å². The van der Waals surface area contributed by atoms with Crippen LogP contribution in [0.25, 0.3) is 0 Å². The lowest BCUT2D eigenvalue weighted by molar-refractivity contribution is -0.142. The molecular weight excluding hydrogens is 308 g/mol. The second kappa shape index (κ2) is 8.47. The standard InChI is InChI=1S/C18H24N2O4/c1-12(21)19-16(13-5-3-2-4-6-13)11-17(22)20-15-9-7-14(8-10-15)18(23)24/h2-6,14-16H,7-11H2,1H3,(H,19,21)(H,20,22)(H,23,24). The van der Waals surface area contributed by atoms with Crippen molar-refractivity contribution in [1.29, 1.82) is 0 Å². The zero-order chi connectivity index (χ0) is 17.5. The van der Waals surface area contributed by atoms with E-state index in [1.54, 1.807) is 0 Å². The summed E-state index contributed by atoms with van der Waals surface area (Å²) in [6, 6.07) is 9.04. The first-order valence-corrected chi connectivity index (χ1v) is 8.30. The smallest absolute Gasteiger partial charge is 0.306 e. The van der Waals surface area contributed by atoms with Crippen molar-refractivity contribution in [1.82, 2.24) is 10.6 Å². The Balaban J connectivity index is 1.89. The fourth-order valence-electron chi connectivity index (χ4n) is 3.14. The molecule has 0 aliphatic heterocycles. The summed E-state index contributed by atoms with van der Waals surface area (Å²) in [5.74, 6) is -1.36. The predicted molar refractivity (Wildman–Crippen MR) is 89.1 cm³/mol. The van der Waals surface area contributed by atoms with Gasteiger partial charge in [-0.15, -0.1) is 0 Å². The topological polar surface area (TPSA) is 95.5 Å². The molecule has 130 valence electrons. The molecule has 3 N–H and O–H groups in total. The molecule has 0 saturated heterocycles. The fourth-order valence-corrected chi connectivity index (χ4v) is 3.14. The molecule has 0 spiro atoms. The SMILES string of the molecule is CC(=O)NC(CC(=O)NC1CCC(C(=O)O)CC1)c1ccccc1. The molecule has 1 aromatic carbocycles. The molecule has 0 radical (unpaired) electrons. The third kappa shape index (κ3) is 5.37. The summed E-state index contributed by atoms with van der Waals surface area (Å²) < 4.78 is 0. The first-order valence-electron chi connectivity index (χ1n) is 8.30. The van der Waals surface area contributed by atoms with Crippen molar-refractivity contribution < 1.29 is 19.5 Å². The van der Waals surface area contributed by atoms with Gasteiger partial charge in [-0.3, -0.25) is 14.4 Å². The molecule has 6 nitrogen and oxygen atoms in total. The molecule has 2 amide bonds. The molecule has 1 aliphatic carbocycles. The Morgan fingerprint density at radius 2 is 1.75 bits per heavy atom. The maximum atomic E-state index is 12.3. The third-order valence-electron chi connectivity index (χ3n) is 4.41. The van der Waals surface area contributed by atoms with Gasteiger partial charge in [-0.1, -0.05) is 30.3 Å². The summed E-state index contributed by atoms with van der Waals surface area (Å²) >= 11 is 0. The highest BCUT2D eigenvalue weighted by Gasteiger charge is 2.27. The van der Waals surface area contributed by atoms with Crippen molar-refractivity contribution in [2.24, 2.45) is 5.92 Å². The molecule has 0 aromatic heterocycles. The van der Waals surface area contributed by atoms with Gasteiger partial charge in [0.15, 0.2) is 0 Å². The zero-order valence-corrected chi connectivity index (χ0v) is 13.8. The number of carbonyl (C=O) groups excluding carboxylic acids is 2. The third-order valence-corrected chi connectivity index (χ3v) is 4.41. The number of amides is 2. The second-order valence-corrected chi connectivity index (χ2v) is 6.32. The van der Waals surface area contributed by atoms with Crippen LogP contribution in [0.1, 0.15) is 50.6 Å². The van der Waals surface area contributed by atoms with Crippen LogP contribution in [0.15, 0.2) is 30.3 Å². The van der Waals surface area contributed by atoms with Crippen LogP contribution >= 0.6 is 0 Å². The number of hydrogen-bond donors (Lipinski definition) is 3. The molecule has 1 aromatic rings. The average Bonchev–Trinajstić information content (AvgIpc) is 2.55. The van der Waals surface area contributed by atoms with Gasteiger partial charge in [0.2, 0.25) is 11.8 Å².